The van der Waals surface area contributed by atoms with E-state index in [2.05, 4.69) is 11.4 Å². The fraction of sp³-hybridized carbons (Fsp3) is 0.500. The van der Waals surface area contributed by atoms with Crippen molar-refractivity contribution in [3.63, 3.8) is 0 Å². The molecule has 0 fully saturated rings. The van der Waals surface area contributed by atoms with E-state index >= 15 is 0 Å². The first-order valence-electron chi connectivity index (χ1n) is 5.89. The second-order valence-electron chi connectivity index (χ2n) is 4.77. The summed E-state index contributed by atoms with van der Waals surface area (Å²) < 4.78 is 10.4. The molecule has 0 unspecified atom stereocenters. The standard InChI is InChI=1S/C14H20N2O2/c1-14(2,10-15)5-6-16-11-7-12(17-3)9-13(8-11)18-4/h7-9,16H,5-6H2,1-4H3. The van der Waals surface area contributed by atoms with E-state index in [-0.39, 0.29) is 5.41 Å². The Kier molecular flexibility index (Phi) is 4.85. The second kappa shape index (κ2) is 6.15. The number of nitrogens with one attached hydrogen (secondary N) is 1. The van der Waals surface area contributed by atoms with Crippen LogP contribution in [0.4, 0.5) is 5.69 Å². The lowest BCUT2D eigenvalue weighted by molar-refractivity contribution is 0.394. The molecule has 0 aliphatic rings. The minimum Gasteiger partial charge on any atom is -0.497 e. The lowest BCUT2D eigenvalue weighted by atomic mass is 9.91. The quantitative estimate of drug-likeness (QED) is 0.840. The summed E-state index contributed by atoms with van der Waals surface area (Å²) in [5.74, 6) is 1.49. The van der Waals surface area contributed by atoms with Gasteiger partial charge in [0.1, 0.15) is 11.5 Å². The van der Waals surface area contributed by atoms with Crippen LogP contribution >= 0.6 is 0 Å². The van der Waals surface area contributed by atoms with Crippen LogP contribution in [0.5, 0.6) is 11.5 Å². The monoisotopic (exact) mass is 248 g/mol. The molecule has 0 saturated carbocycles. The molecule has 1 rings (SSSR count). The molecule has 1 N–H and O–H groups in total. The molecule has 0 aliphatic heterocycles. The Bertz CT molecular complexity index is 414. The summed E-state index contributed by atoms with van der Waals surface area (Å²) in [4.78, 5) is 0. The largest absolute Gasteiger partial charge is 0.497 e. The molecule has 98 valence electrons. The smallest absolute Gasteiger partial charge is 0.124 e. The second-order valence-corrected chi connectivity index (χ2v) is 4.77. The lowest BCUT2D eigenvalue weighted by Gasteiger charge is -2.16. The van der Waals surface area contributed by atoms with Crippen molar-refractivity contribution in [1.29, 1.82) is 5.26 Å². The lowest BCUT2D eigenvalue weighted by Crippen LogP contribution is -2.14. The zero-order valence-corrected chi connectivity index (χ0v) is 11.4. The van der Waals surface area contributed by atoms with Gasteiger partial charge in [0, 0.05) is 30.4 Å². The zero-order valence-electron chi connectivity index (χ0n) is 11.4. The molecular weight excluding hydrogens is 228 g/mol. The van der Waals surface area contributed by atoms with Crippen LogP contribution in [0.2, 0.25) is 0 Å². The molecule has 1 aromatic rings. The topological polar surface area (TPSA) is 54.3 Å². The fourth-order valence-corrected chi connectivity index (χ4v) is 1.48. The van der Waals surface area contributed by atoms with E-state index in [1.807, 2.05) is 32.0 Å². The molecule has 4 heteroatoms. The molecule has 0 bridgehead atoms. The molecule has 0 radical (unpaired) electrons. The third kappa shape index (κ3) is 4.17. The average Bonchev–Trinajstić information content (AvgIpc) is 2.38. The minimum atomic E-state index is -0.310. The molecule has 0 spiro atoms. The van der Waals surface area contributed by atoms with E-state index in [1.54, 1.807) is 14.2 Å². The highest BCUT2D eigenvalue weighted by atomic mass is 16.5. The molecule has 0 saturated heterocycles. The summed E-state index contributed by atoms with van der Waals surface area (Å²) in [6.45, 7) is 4.60. The van der Waals surface area contributed by atoms with Gasteiger partial charge in [-0.2, -0.15) is 5.26 Å². The number of nitriles is 1. The van der Waals surface area contributed by atoms with Gasteiger partial charge >= 0.3 is 0 Å². The van der Waals surface area contributed by atoms with Gasteiger partial charge in [-0.1, -0.05) is 0 Å². The van der Waals surface area contributed by atoms with Crippen molar-refractivity contribution >= 4 is 5.69 Å². The van der Waals surface area contributed by atoms with Crippen LogP contribution in [0.1, 0.15) is 20.3 Å². The van der Waals surface area contributed by atoms with Crippen LogP contribution in [0.25, 0.3) is 0 Å². The summed E-state index contributed by atoms with van der Waals surface area (Å²) in [7, 11) is 3.24. The van der Waals surface area contributed by atoms with Crippen LogP contribution in [-0.4, -0.2) is 20.8 Å². The molecule has 18 heavy (non-hydrogen) atoms. The van der Waals surface area contributed by atoms with Gasteiger partial charge in [0.15, 0.2) is 0 Å². The number of rotatable bonds is 6. The number of hydrogen-bond acceptors (Lipinski definition) is 4. The zero-order chi connectivity index (χ0) is 13.6. The molecule has 0 aliphatic carbocycles. The molecule has 0 atom stereocenters. The van der Waals surface area contributed by atoms with E-state index in [1.165, 1.54) is 0 Å². The highest BCUT2D eigenvalue weighted by molar-refractivity contribution is 5.53. The number of benzene rings is 1. The van der Waals surface area contributed by atoms with Crippen LogP contribution in [0.3, 0.4) is 0 Å². The van der Waals surface area contributed by atoms with Gasteiger partial charge in [0.05, 0.1) is 25.7 Å². The van der Waals surface area contributed by atoms with Gasteiger partial charge in [-0.25, -0.2) is 0 Å². The number of methoxy groups -OCH3 is 2. The van der Waals surface area contributed by atoms with Crippen molar-refractivity contribution in [2.24, 2.45) is 5.41 Å². The maximum absolute atomic E-state index is 8.94. The van der Waals surface area contributed by atoms with Crippen molar-refractivity contribution in [2.45, 2.75) is 20.3 Å². The van der Waals surface area contributed by atoms with Crippen LogP contribution in [-0.2, 0) is 0 Å². The van der Waals surface area contributed by atoms with E-state index < -0.39 is 0 Å². The van der Waals surface area contributed by atoms with Crippen molar-refractivity contribution in [3.8, 4) is 17.6 Å². The van der Waals surface area contributed by atoms with Gasteiger partial charge in [-0.3, -0.25) is 0 Å². The van der Waals surface area contributed by atoms with Crippen molar-refractivity contribution in [3.05, 3.63) is 18.2 Å². The van der Waals surface area contributed by atoms with Gasteiger partial charge in [0.2, 0.25) is 0 Å². The SMILES string of the molecule is COc1cc(NCCC(C)(C)C#N)cc(OC)c1. The Hall–Kier alpha value is -1.89. The number of hydrogen-bond donors (Lipinski definition) is 1. The first-order valence-corrected chi connectivity index (χ1v) is 5.89. The number of nitrogens with zero attached hydrogens (tertiary/aromatic N) is 1. The highest BCUT2D eigenvalue weighted by Gasteiger charge is 2.15. The van der Waals surface area contributed by atoms with Crippen molar-refractivity contribution < 1.29 is 9.47 Å². The molecule has 4 nitrogen and oxygen atoms in total. The Morgan fingerprint density at radius 2 is 1.72 bits per heavy atom. The summed E-state index contributed by atoms with van der Waals surface area (Å²) in [5.41, 5.74) is 0.621. The minimum absolute atomic E-state index is 0.310. The van der Waals surface area contributed by atoms with Gasteiger partial charge in [0.25, 0.3) is 0 Å². The van der Waals surface area contributed by atoms with Crippen molar-refractivity contribution in [2.75, 3.05) is 26.1 Å². The average molecular weight is 248 g/mol. The Morgan fingerprint density at radius 1 is 1.17 bits per heavy atom. The predicted molar refractivity (Wildman–Crippen MR) is 72.0 cm³/mol. The predicted octanol–water partition coefficient (Wildman–Crippen LogP) is 3.06. The summed E-state index contributed by atoms with van der Waals surface area (Å²) in [5, 5.41) is 12.2. The Balaban J connectivity index is 2.65. The van der Waals surface area contributed by atoms with Gasteiger partial charge < -0.3 is 14.8 Å². The summed E-state index contributed by atoms with van der Waals surface area (Å²) in [6, 6.07) is 7.92. The van der Waals surface area contributed by atoms with Crippen LogP contribution < -0.4 is 14.8 Å². The van der Waals surface area contributed by atoms with Crippen LogP contribution in [0.15, 0.2) is 18.2 Å². The molecular formula is C14H20N2O2. The molecule has 0 heterocycles. The maximum atomic E-state index is 8.94. The number of anilines is 1. The van der Waals surface area contributed by atoms with E-state index in [4.69, 9.17) is 14.7 Å². The first-order chi connectivity index (χ1) is 8.50. The van der Waals surface area contributed by atoms with Crippen LogP contribution in [0, 0.1) is 16.7 Å². The third-order valence-corrected chi connectivity index (χ3v) is 2.73. The molecule has 0 aromatic heterocycles. The first kappa shape index (κ1) is 14.2. The van der Waals surface area contributed by atoms with E-state index in [0.717, 1.165) is 30.2 Å². The highest BCUT2D eigenvalue weighted by Crippen LogP contribution is 2.26. The van der Waals surface area contributed by atoms with E-state index in [9.17, 15) is 0 Å². The van der Waals surface area contributed by atoms with Crippen molar-refractivity contribution in [1.82, 2.24) is 0 Å². The Labute approximate surface area is 109 Å². The van der Waals surface area contributed by atoms with E-state index in [0.29, 0.717) is 0 Å². The summed E-state index contributed by atoms with van der Waals surface area (Å²) >= 11 is 0. The fourth-order valence-electron chi connectivity index (χ4n) is 1.48. The summed E-state index contributed by atoms with van der Waals surface area (Å²) in [6.07, 6.45) is 0.781. The molecule has 1 aromatic carbocycles. The van der Waals surface area contributed by atoms with Gasteiger partial charge in [-0.05, 0) is 20.3 Å². The Morgan fingerprint density at radius 3 is 2.17 bits per heavy atom. The molecule has 0 amide bonds. The normalized spacial score (nSPS) is 10.6. The van der Waals surface area contributed by atoms with Gasteiger partial charge in [-0.15, -0.1) is 0 Å². The number of ether oxygens (including phenoxy) is 2. The maximum Gasteiger partial charge on any atom is 0.124 e. The third-order valence-electron chi connectivity index (χ3n) is 2.73.